The smallest absolute Gasteiger partial charge is 0.128 e. The van der Waals surface area contributed by atoms with E-state index in [0.717, 1.165) is 24.6 Å². The van der Waals surface area contributed by atoms with Crippen molar-refractivity contribution in [3.63, 3.8) is 0 Å². The Kier molecular flexibility index (Phi) is 4.01. The predicted molar refractivity (Wildman–Crippen MR) is 62.0 cm³/mol. The van der Waals surface area contributed by atoms with Gasteiger partial charge in [0.1, 0.15) is 5.82 Å². The summed E-state index contributed by atoms with van der Waals surface area (Å²) in [7, 11) is 0. The number of aromatic nitrogens is 1. The van der Waals surface area contributed by atoms with Crippen LogP contribution in [0, 0.1) is 0 Å². The van der Waals surface area contributed by atoms with Crippen LogP contribution >= 0.6 is 12.4 Å². The molecule has 0 aromatic carbocycles. The quantitative estimate of drug-likeness (QED) is 0.777. The summed E-state index contributed by atoms with van der Waals surface area (Å²) in [6.45, 7) is 2.27. The molecule has 4 heteroatoms. The maximum atomic E-state index is 5.58. The fourth-order valence-electron chi connectivity index (χ4n) is 1.71. The molecule has 3 nitrogen and oxygen atoms in total. The number of rotatable bonds is 1. The van der Waals surface area contributed by atoms with Gasteiger partial charge in [0.15, 0.2) is 0 Å². The molecule has 1 fully saturated rings. The molecule has 1 aromatic rings. The third-order valence-electron chi connectivity index (χ3n) is 2.45. The van der Waals surface area contributed by atoms with Gasteiger partial charge in [-0.2, -0.15) is 0 Å². The summed E-state index contributed by atoms with van der Waals surface area (Å²) in [5, 5.41) is 0. The van der Waals surface area contributed by atoms with Crippen molar-refractivity contribution < 1.29 is 0 Å². The largest absolute Gasteiger partial charge is 0.397 e. The van der Waals surface area contributed by atoms with Crippen LogP contribution in [0.25, 0.3) is 0 Å². The van der Waals surface area contributed by atoms with Gasteiger partial charge in [-0.3, -0.25) is 0 Å². The van der Waals surface area contributed by atoms with Crippen LogP contribution in [0.3, 0.4) is 0 Å². The van der Waals surface area contributed by atoms with Gasteiger partial charge in [0, 0.05) is 13.1 Å². The third-order valence-corrected chi connectivity index (χ3v) is 2.45. The average Bonchev–Trinajstić information content (AvgIpc) is 2.20. The summed E-state index contributed by atoms with van der Waals surface area (Å²) in [5.41, 5.74) is 6.31. The second kappa shape index (κ2) is 5.05. The van der Waals surface area contributed by atoms with Gasteiger partial charge in [-0.1, -0.05) is 0 Å². The standard InChI is InChI=1S/C10H15N3.ClH/c11-9-4-5-10(12-8-9)13-6-2-1-3-7-13;/h4-5,8H,1-3,6-7,11H2;1H. The molecular formula is C10H16ClN3. The van der Waals surface area contributed by atoms with Crippen LogP contribution in [0.1, 0.15) is 19.3 Å². The number of nitrogens with zero attached hydrogens (tertiary/aromatic N) is 2. The van der Waals surface area contributed by atoms with E-state index >= 15 is 0 Å². The molecule has 2 rings (SSSR count). The highest BCUT2D eigenvalue weighted by molar-refractivity contribution is 5.85. The third kappa shape index (κ3) is 2.51. The lowest BCUT2D eigenvalue weighted by Gasteiger charge is -2.27. The van der Waals surface area contributed by atoms with Gasteiger partial charge in [0.05, 0.1) is 11.9 Å². The van der Waals surface area contributed by atoms with E-state index in [1.165, 1.54) is 19.3 Å². The number of anilines is 2. The van der Waals surface area contributed by atoms with Gasteiger partial charge >= 0.3 is 0 Å². The van der Waals surface area contributed by atoms with E-state index in [2.05, 4.69) is 9.88 Å². The molecule has 1 aliphatic rings. The highest BCUT2D eigenvalue weighted by atomic mass is 35.5. The van der Waals surface area contributed by atoms with Crippen molar-refractivity contribution in [2.24, 2.45) is 0 Å². The SMILES string of the molecule is Cl.Nc1ccc(N2CCCCC2)nc1. The molecule has 0 radical (unpaired) electrons. The first-order chi connectivity index (χ1) is 6.36. The Labute approximate surface area is 90.7 Å². The minimum atomic E-state index is 0. The molecule has 0 spiro atoms. The minimum absolute atomic E-state index is 0. The second-order valence-electron chi connectivity index (χ2n) is 3.50. The van der Waals surface area contributed by atoms with Gasteiger partial charge in [-0.05, 0) is 31.4 Å². The van der Waals surface area contributed by atoms with E-state index in [-0.39, 0.29) is 12.4 Å². The number of piperidine rings is 1. The highest BCUT2D eigenvalue weighted by Crippen LogP contribution is 2.17. The zero-order valence-electron chi connectivity index (χ0n) is 8.15. The number of hydrogen-bond donors (Lipinski definition) is 1. The molecule has 0 bridgehead atoms. The van der Waals surface area contributed by atoms with Crippen molar-refractivity contribution in [2.45, 2.75) is 19.3 Å². The summed E-state index contributed by atoms with van der Waals surface area (Å²) in [6, 6.07) is 3.91. The Morgan fingerprint density at radius 2 is 1.86 bits per heavy atom. The zero-order valence-corrected chi connectivity index (χ0v) is 8.96. The van der Waals surface area contributed by atoms with Gasteiger partial charge in [-0.15, -0.1) is 12.4 Å². The van der Waals surface area contributed by atoms with Crippen molar-refractivity contribution in [1.82, 2.24) is 4.98 Å². The molecule has 0 amide bonds. The molecule has 0 atom stereocenters. The lowest BCUT2D eigenvalue weighted by Crippen LogP contribution is -2.29. The first-order valence-corrected chi connectivity index (χ1v) is 4.83. The maximum absolute atomic E-state index is 5.58. The number of hydrogen-bond acceptors (Lipinski definition) is 3. The first-order valence-electron chi connectivity index (χ1n) is 4.83. The molecule has 0 saturated carbocycles. The van der Waals surface area contributed by atoms with E-state index in [1.807, 2.05) is 12.1 Å². The fourth-order valence-corrected chi connectivity index (χ4v) is 1.71. The number of pyridine rings is 1. The first kappa shape index (κ1) is 11.1. The molecule has 0 aliphatic carbocycles. The minimum Gasteiger partial charge on any atom is -0.397 e. The van der Waals surface area contributed by atoms with E-state index in [9.17, 15) is 0 Å². The Hall–Kier alpha value is -0.960. The normalized spacial score (nSPS) is 16.1. The molecule has 2 N–H and O–H groups in total. The average molecular weight is 214 g/mol. The van der Waals surface area contributed by atoms with Crippen molar-refractivity contribution in [3.8, 4) is 0 Å². The summed E-state index contributed by atoms with van der Waals surface area (Å²) in [4.78, 5) is 6.63. The van der Waals surface area contributed by atoms with Crippen LogP contribution in [-0.2, 0) is 0 Å². The summed E-state index contributed by atoms with van der Waals surface area (Å²) < 4.78 is 0. The summed E-state index contributed by atoms with van der Waals surface area (Å²) >= 11 is 0. The van der Waals surface area contributed by atoms with E-state index < -0.39 is 0 Å². The Morgan fingerprint density at radius 1 is 1.14 bits per heavy atom. The molecular weight excluding hydrogens is 198 g/mol. The number of nitrogen functional groups attached to an aromatic ring is 1. The van der Waals surface area contributed by atoms with Gasteiger partial charge < -0.3 is 10.6 Å². The van der Waals surface area contributed by atoms with Gasteiger partial charge in [0.25, 0.3) is 0 Å². The van der Waals surface area contributed by atoms with E-state index in [4.69, 9.17) is 5.73 Å². The molecule has 2 heterocycles. The van der Waals surface area contributed by atoms with Gasteiger partial charge in [0.2, 0.25) is 0 Å². The lowest BCUT2D eigenvalue weighted by molar-refractivity contribution is 0.573. The Bertz CT molecular complexity index is 267. The molecule has 78 valence electrons. The molecule has 1 saturated heterocycles. The monoisotopic (exact) mass is 213 g/mol. The van der Waals surface area contributed by atoms with E-state index in [1.54, 1.807) is 6.20 Å². The summed E-state index contributed by atoms with van der Waals surface area (Å²) in [6.07, 6.45) is 5.65. The molecule has 14 heavy (non-hydrogen) atoms. The summed E-state index contributed by atoms with van der Waals surface area (Å²) in [5.74, 6) is 1.06. The maximum Gasteiger partial charge on any atom is 0.128 e. The van der Waals surface area contributed by atoms with Crippen molar-refractivity contribution in [1.29, 1.82) is 0 Å². The van der Waals surface area contributed by atoms with Crippen LogP contribution in [0.2, 0.25) is 0 Å². The second-order valence-corrected chi connectivity index (χ2v) is 3.50. The van der Waals surface area contributed by atoms with Crippen LogP contribution in [0.4, 0.5) is 11.5 Å². The molecule has 0 unspecified atom stereocenters. The molecule has 1 aromatic heterocycles. The van der Waals surface area contributed by atoms with E-state index in [0.29, 0.717) is 0 Å². The molecule has 1 aliphatic heterocycles. The van der Waals surface area contributed by atoms with Crippen LogP contribution in [0.5, 0.6) is 0 Å². The van der Waals surface area contributed by atoms with Crippen LogP contribution in [-0.4, -0.2) is 18.1 Å². The zero-order chi connectivity index (χ0) is 9.10. The Balaban J connectivity index is 0.000000980. The number of nitrogens with two attached hydrogens (primary N) is 1. The van der Waals surface area contributed by atoms with Crippen molar-refractivity contribution >= 4 is 23.9 Å². The van der Waals surface area contributed by atoms with Crippen LogP contribution in [0.15, 0.2) is 18.3 Å². The predicted octanol–water partition coefficient (Wildman–Crippen LogP) is 2.08. The topological polar surface area (TPSA) is 42.1 Å². The number of halogens is 1. The van der Waals surface area contributed by atoms with Gasteiger partial charge in [-0.25, -0.2) is 4.98 Å². The highest BCUT2D eigenvalue weighted by Gasteiger charge is 2.10. The van der Waals surface area contributed by atoms with Crippen molar-refractivity contribution in [2.75, 3.05) is 23.7 Å². The lowest BCUT2D eigenvalue weighted by atomic mass is 10.1. The Morgan fingerprint density at radius 3 is 2.43 bits per heavy atom. The van der Waals surface area contributed by atoms with Crippen molar-refractivity contribution in [3.05, 3.63) is 18.3 Å². The van der Waals surface area contributed by atoms with Crippen LogP contribution < -0.4 is 10.6 Å². The fraction of sp³-hybridized carbons (Fsp3) is 0.500.